The molecule has 1 atom stereocenters. The number of hydrogen-bond acceptors (Lipinski definition) is 2. The van der Waals surface area contributed by atoms with Crippen LogP contribution in [0.3, 0.4) is 0 Å². The van der Waals surface area contributed by atoms with E-state index in [1.807, 2.05) is 18.5 Å². The molecule has 5 heteroatoms. The second-order valence-corrected chi connectivity index (χ2v) is 10.2. The maximum atomic E-state index is 13.3. The van der Waals surface area contributed by atoms with Crippen LogP contribution in [-0.2, 0) is 16.0 Å². The number of nitrogens with one attached hydrogen (secondary N) is 2. The summed E-state index contributed by atoms with van der Waals surface area (Å²) in [5.74, 6) is -0.625. The first-order chi connectivity index (χ1) is 18.7. The van der Waals surface area contributed by atoms with E-state index < -0.39 is 0 Å². The Morgan fingerprint density at radius 3 is 2.55 bits per heavy atom. The van der Waals surface area contributed by atoms with Crippen LogP contribution in [0.5, 0.6) is 0 Å². The van der Waals surface area contributed by atoms with Crippen molar-refractivity contribution in [2.45, 2.75) is 18.9 Å². The summed E-state index contributed by atoms with van der Waals surface area (Å²) in [6.45, 7) is 0. The minimum absolute atomic E-state index is 0.199. The van der Waals surface area contributed by atoms with E-state index >= 15 is 0 Å². The van der Waals surface area contributed by atoms with Gasteiger partial charge in [-0.05, 0) is 63.9 Å². The van der Waals surface area contributed by atoms with Gasteiger partial charge in [0.1, 0.15) is 0 Å². The number of amides is 2. The van der Waals surface area contributed by atoms with Crippen molar-refractivity contribution in [2.24, 2.45) is 0 Å². The smallest absolute Gasteiger partial charge is 0.259 e. The standard InChI is InChI=1S/C33H23N3O2/c37-32-29(30(33(38)35-32)28-14-12-20-7-3-8-21-15-16-36(28)31(20)21)26-18-34-27-13-11-22(17-25(26)27)24-10-4-6-19-5-1-2-9-23(19)24/h1-11,13,15-18,28,34H,12,14H2,(H,35,37,38). The summed E-state index contributed by atoms with van der Waals surface area (Å²) in [6, 6.07) is 29.2. The number of fused-ring (bicyclic) bond motifs is 2. The van der Waals surface area contributed by atoms with Gasteiger partial charge in [-0.1, -0.05) is 66.7 Å². The lowest BCUT2D eigenvalue weighted by atomic mass is 9.89. The van der Waals surface area contributed by atoms with Gasteiger partial charge in [0, 0.05) is 28.9 Å². The molecule has 2 aromatic heterocycles. The molecule has 0 saturated carbocycles. The molecule has 1 unspecified atom stereocenters. The summed E-state index contributed by atoms with van der Waals surface area (Å²) in [4.78, 5) is 30.0. The summed E-state index contributed by atoms with van der Waals surface area (Å²) in [6.07, 6.45) is 5.55. The number of imide groups is 1. The van der Waals surface area contributed by atoms with Gasteiger partial charge in [0.15, 0.2) is 0 Å². The van der Waals surface area contributed by atoms with Crippen LogP contribution in [0.15, 0.2) is 103 Å². The molecule has 0 aliphatic carbocycles. The molecule has 0 spiro atoms. The molecule has 0 radical (unpaired) electrons. The van der Waals surface area contributed by atoms with Crippen LogP contribution in [0.4, 0.5) is 0 Å². The molecule has 0 fully saturated rings. The van der Waals surface area contributed by atoms with Gasteiger partial charge < -0.3 is 9.55 Å². The van der Waals surface area contributed by atoms with E-state index in [2.05, 4.69) is 93.7 Å². The highest BCUT2D eigenvalue weighted by molar-refractivity contribution is 6.37. The molecule has 2 N–H and O–H groups in total. The van der Waals surface area contributed by atoms with Gasteiger partial charge in [-0.3, -0.25) is 14.9 Å². The van der Waals surface area contributed by atoms with E-state index in [-0.39, 0.29) is 17.9 Å². The second-order valence-electron chi connectivity index (χ2n) is 10.2. The highest BCUT2D eigenvalue weighted by Crippen LogP contribution is 2.42. The van der Waals surface area contributed by atoms with Crippen molar-refractivity contribution in [3.05, 3.63) is 114 Å². The predicted octanol–water partition coefficient (Wildman–Crippen LogP) is 6.54. The fourth-order valence-corrected chi connectivity index (χ4v) is 6.50. The maximum Gasteiger partial charge on any atom is 0.259 e. The largest absolute Gasteiger partial charge is 0.361 e. The van der Waals surface area contributed by atoms with E-state index in [4.69, 9.17) is 0 Å². The van der Waals surface area contributed by atoms with Gasteiger partial charge in [0.2, 0.25) is 0 Å². The zero-order valence-electron chi connectivity index (χ0n) is 20.5. The molecule has 2 amide bonds. The number of carbonyl (C=O) groups is 2. The first kappa shape index (κ1) is 21.2. The van der Waals surface area contributed by atoms with Gasteiger partial charge in [-0.15, -0.1) is 0 Å². The Kier molecular flexibility index (Phi) is 4.35. The summed E-state index contributed by atoms with van der Waals surface area (Å²) in [5, 5.41) is 7.06. The van der Waals surface area contributed by atoms with E-state index in [9.17, 15) is 9.59 Å². The Morgan fingerprint density at radius 2 is 1.61 bits per heavy atom. The molecule has 0 saturated heterocycles. The van der Waals surface area contributed by atoms with Crippen LogP contribution in [-0.4, -0.2) is 21.4 Å². The van der Waals surface area contributed by atoms with E-state index in [0.717, 1.165) is 51.3 Å². The number of aromatic nitrogens is 2. The maximum absolute atomic E-state index is 13.3. The number of nitrogens with zero attached hydrogens (tertiary/aromatic N) is 1. The average molecular weight is 494 g/mol. The number of carbonyl (C=O) groups excluding carboxylic acids is 2. The molecule has 4 heterocycles. The molecule has 0 bridgehead atoms. The fourth-order valence-electron chi connectivity index (χ4n) is 6.50. The molecule has 6 aromatic rings. The van der Waals surface area contributed by atoms with E-state index in [0.29, 0.717) is 11.1 Å². The normalized spacial score (nSPS) is 17.2. The first-order valence-electron chi connectivity index (χ1n) is 13.0. The van der Waals surface area contributed by atoms with Crippen LogP contribution in [0.2, 0.25) is 0 Å². The molecule has 182 valence electrons. The third-order valence-corrected chi connectivity index (χ3v) is 8.20. The zero-order valence-corrected chi connectivity index (χ0v) is 20.5. The SMILES string of the molecule is O=C1NC(=O)C(C2CCc3cccc4ccn2c34)=C1c1c[nH]c2ccc(-c3cccc4ccccc34)cc12. The number of para-hydroxylation sites is 1. The van der Waals surface area contributed by atoms with Crippen molar-refractivity contribution in [2.75, 3.05) is 0 Å². The quantitative estimate of drug-likeness (QED) is 0.275. The summed E-state index contributed by atoms with van der Waals surface area (Å²) in [7, 11) is 0. The van der Waals surface area contributed by atoms with Gasteiger partial charge in [0.05, 0.1) is 22.7 Å². The summed E-state index contributed by atoms with van der Waals surface area (Å²) >= 11 is 0. The topological polar surface area (TPSA) is 66.9 Å². The minimum Gasteiger partial charge on any atom is -0.361 e. The van der Waals surface area contributed by atoms with Gasteiger partial charge in [-0.2, -0.15) is 0 Å². The Morgan fingerprint density at radius 1 is 0.763 bits per heavy atom. The van der Waals surface area contributed by atoms with Crippen LogP contribution in [0.25, 0.3) is 49.3 Å². The Labute approximate surface area is 218 Å². The van der Waals surface area contributed by atoms with Gasteiger partial charge in [-0.25, -0.2) is 0 Å². The van der Waals surface area contributed by atoms with Crippen LogP contribution in [0.1, 0.15) is 23.6 Å². The number of hydrogen-bond donors (Lipinski definition) is 2. The fraction of sp³-hybridized carbons (Fsp3) is 0.0909. The van der Waals surface area contributed by atoms with E-state index in [1.165, 1.54) is 16.3 Å². The second kappa shape index (κ2) is 7.80. The lowest BCUT2D eigenvalue weighted by Gasteiger charge is -2.27. The minimum atomic E-state index is -0.330. The third-order valence-electron chi connectivity index (χ3n) is 8.20. The lowest BCUT2D eigenvalue weighted by Crippen LogP contribution is -2.26. The van der Waals surface area contributed by atoms with Crippen molar-refractivity contribution in [1.29, 1.82) is 0 Å². The number of aryl methyl sites for hydroxylation is 1. The average Bonchev–Trinajstić information content (AvgIpc) is 3.64. The highest BCUT2D eigenvalue weighted by atomic mass is 16.2. The first-order valence-corrected chi connectivity index (χ1v) is 13.0. The number of benzene rings is 4. The molecule has 2 aliphatic rings. The van der Waals surface area contributed by atoms with Crippen molar-refractivity contribution in [3.8, 4) is 11.1 Å². The van der Waals surface area contributed by atoms with Gasteiger partial charge >= 0.3 is 0 Å². The Bertz CT molecular complexity index is 2000. The third kappa shape index (κ3) is 2.93. The monoisotopic (exact) mass is 493 g/mol. The lowest BCUT2D eigenvalue weighted by molar-refractivity contribution is -0.123. The molecular weight excluding hydrogens is 470 g/mol. The highest BCUT2D eigenvalue weighted by Gasteiger charge is 2.39. The molecule has 38 heavy (non-hydrogen) atoms. The number of aromatic amines is 1. The summed E-state index contributed by atoms with van der Waals surface area (Å²) < 4.78 is 2.18. The molecule has 5 nitrogen and oxygen atoms in total. The van der Waals surface area contributed by atoms with Crippen molar-refractivity contribution in [1.82, 2.24) is 14.9 Å². The molecule has 8 rings (SSSR count). The summed E-state index contributed by atoms with van der Waals surface area (Å²) in [5.41, 5.74) is 7.36. The van der Waals surface area contributed by atoms with Crippen molar-refractivity contribution >= 4 is 50.0 Å². The van der Waals surface area contributed by atoms with Crippen LogP contribution >= 0.6 is 0 Å². The predicted molar refractivity (Wildman–Crippen MR) is 151 cm³/mol. The van der Waals surface area contributed by atoms with Crippen molar-refractivity contribution in [3.63, 3.8) is 0 Å². The Hall–Kier alpha value is -4.90. The zero-order chi connectivity index (χ0) is 25.4. The number of rotatable bonds is 3. The van der Waals surface area contributed by atoms with E-state index in [1.54, 1.807) is 0 Å². The van der Waals surface area contributed by atoms with Crippen LogP contribution in [0, 0.1) is 0 Å². The van der Waals surface area contributed by atoms with Crippen LogP contribution < -0.4 is 5.32 Å². The number of H-pyrrole nitrogens is 1. The Balaban J connectivity index is 1.33. The van der Waals surface area contributed by atoms with Crippen molar-refractivity contribution < 1.29 is 9.59 Å². The molecule has 4 aromatic carbocycles. The molecule has 2 aliphatic heterocycles. The van der Waals surface area contributed by atoms with Gasteiger partial charge in [0.25, 0.3) is 11.8 Å². The molecular formula is C33H23N3O2.